The number of rotatable bonds is 4. The van der Waals surface area contributed by atoms with Gasteiger partial charge in [-0.1, -0.05) is 6.42 Å². The molecule has 0 saturated heterocycles. The molecule has 0 atom stereocenters. The van der Waals surface area contributed by atoms with Gasteiger partial charge in [0, 0.05) is 11.1 Å². The van der Waals surface area contributed by atoms with E-state index in [4.69, 9.17) is 4.74 Å². The molecule has 0 amide bonds. The van der Waals surface area contributed by atoms with E-state index < -0.39 is 29.2 Å². The lowest BCUT2D eigenvalue weighted by Crippen LogP contribution is -2.42. The lowest BCUT2D eigenvalue weighted by atomic mass is 9.64. The minimum atomic E-state index is -2.86. The van der Waals surface area contributed by atoms with Crippen molar-refractivity contribution in [3.05, 3.63) is 29.1 Å². The van der Waals surface area contributed by atoms with Crippen LogP contribution in [0.5, 0.6) is 5.75 Å². The predicted molar refractivity (Wildman–Crippen MR) is 61.1 cm³/mol. The fourth-order valence-corrected chi connectivity index (χ4v) is 2.43. The molecule has 0 spiro atoms. The normalized spacial score (nSPS) is 17.1. The summed E-state index contributed by atoms with van der Waals surface area (Å²) in [4.78, 5) is 11.4. The number of benzene rings is 1. The second-order valence-electron chi connectivity index (χ2n) is 4.63. The van der Waals surface area contributed by atoms with Gasteiger partial charge < -0.3 is 9.84 Å². The number of halogens is 3. The van der Waals surface area contributed by atoms with Gasteiger partial charge in [-0.25, -0.2) is 13.2 Å². The Morgan fingerprint density at radius 2 is 2.05 bits per heavy atom. The number of carboxylic acids is 1. The van der Waals surface area contributed by atoms with Gasteiger partial charge in [-0.15, -0.1) is 0 Å². The van der Waals surface area contributed by atoms with E-state index in [0.717, 1.165) is 6.07 Å². The third kappa shape index (κ3) is 2.05. The standard InChI is InChI=1S/C13H13F3O3/c1-19-10-8(13(12(17)18)3-2-4-13)5-7(11(15)16)6-9(10)14/h5-6,11H,2-4H2,1H3,(H,17,18). The van der Waals surface area contributed by atoms with Crippen LogP contribution in [0.25, 0.3) is 0 Å². The molecule has 19 heavy (non-hydrogen) atoms. The van der Waals surface area contributed by atoms with Crippen molar-refractivity contribution < 1.29 is 27.8 Å². The van der Waals surface area contributed by atoms with Gasteiger partial charge in [0.05, 0.1) is 12.5 Å². The molecule has 1 aliphatic rings. The first-order valence-corrected chi connectivity index (χ1v) is 5.82. The van der Waals surface area contributed by atoms with Crippen LogP contribution in [0.3, 0.4) is 0 Å². The van der Waals surface area contributed by atoms with Crippen LogP contribution < -0.4 is 4.74 Å². The van der Waals surface area contributed by atoms with E-state index in [1.54, 1.807) is 0 Å². The number of ether oxygens (including phenoxy) is 1. The SMILES string of the molecule is COc1c(F)cc(C(F)F)cc1C1(C(=O)O)CCC1. The first kappa shape index (κ1) is 13.7. The first-order valence-electron chi connectivity index (χ1n) is 5.82. The minimum absolute atomic E-state index is 0.00375. The summed E-state index contributed by atoms with van der Waals surface area (Å²) in [7, 11) is 1.19. The Morgan fingerprint density at radius 3 is 2.42 bits per heavy atom. The van der Waals surface area contributed by atoms with Gasteiger partial charge in [0.15, 0.2) is 11.6 Å². The maximum atomic E-state index is 13.8. The summed E-state index contributed by atoms with van der Waals surface area (Å²) in [5, 5.41) is 9.31. The number of hydrogen-bond donors (Lipinski definition) is 1. The summed E-state index contributed by atoms with van der Waals surface area (Å²) in [5.74, 6) is -2.35. The summed E-state index contributed by atoms with van der Waals surface area (Å²) in [5.41, 5.74) is -1.83. The summed E-state index contributed by atoms with van der Waals surface area (Å²) >= 11 is 0. The average Bonchev–Trinajstić information content (AvgIpc) is 2.26. The fraction of sp³-hybridized carbons (Fsp3) is 0.462. The first-order chi connectivity index (χ1) is 8.92. The molecule has 0 heterocycles. The fourth-order valence-electron chi connectivity index (χ4n) is 2.43. The van der Waals surface area contributed by atoms with Gasteiger partial charge in [-0.3, -0.25) is 4.79 Å². The Kier molecular flexibility index (Phi) is 3.43. The second-order valence-corrected chi connectivity index (χ2v) is 4.63. The monoisotopic (exact) mass is 274 g/mol. The molecule has 0 bridgehead atoms. The van der Waals surface area contributed by atoms with E-state index in [2.05, 4.69) is 0 Å². The quantitative estimate of drug-likeness (QED) is 0.916. The zero-order valence-electron chi connectivity index (χ0n) is 10.3. The molecule has 0 radical (unpaired) electrons. The van der Waals surface area contributed by atoms with Crippen molar-refractivity contribution in [3.63, 3.8) is 0 Å². The van der Waals surface area contributed by atoms with E-state index >= 15 is 0 Å². The van der Waals surface area contributed by atoms with Crippen molar-refractivity contribution >= 4 is 5.97 Å². The van der Waals surface area contributed by atoms with E-state index in [-0.39, 0.29) is 11.3 Å². The number of carbonyl (C=O) groups is 1. The highest BCUT2D eigenvalue weighted by atomic mass is 19.3. The van der Waals surface area contributed by atoms with Crippen molar-refractivity contribution in [3.8, 4) is 5.75 Å². The molecule has 2 rings (SSSR count). The molecule has 1 N–H and O–H groups in total. The van der Waals surface area contributed by atoms with E-state index in [9.17, 15) is 23.1 Å². The number of alkyl halides is 2. The molecule has 0 aromatic heterocycles. The molecular formula is C13H13F3O3. The van der Waals surface area contributed by atoms with Crippen molar-refractivity contribution in [1.29, 1.82) is 0 Å². The third-order valence-corrected chi connectivity index (χ3v) is 3.65. The summed E-state index contributed by atoms with van der Waals surface area (Å²) in [6, 6.07) is 1.72. The van der Waals surface area contributed by atoms with Crippen LogP contribution in [0, 0.1) is 5.82 Å². The zero-order chi connectivity index (χ0) is 14.2. The number of aliphatic carboxylic acids is 1. The van der Waals surface area contributed by atoms with Crippen LogP contribution in [-0.4, -0.2) is 18.2 Å². The highest BCUT2D eigenvalue weighted by molar-refractivity contribution is 5.84. The van der Waals surface area contributed by atoms with Crippen molar-refractivity contribution in [2.75, 3.05) is 7.11 Å². The van der Waals surface area contributed by atoms with Crippen LogP contribution in [0.2, 0.25) is 0 Å². The molecule has 1 saturated carbocycles. The predicted octanol–water partition coefficient (Wildman–Crippen LogP) is 3.28. The maximum Gasteiger partial charge on any atom is 0.314 e. The van der Waals surface area contributed by atoms with Crippen LogP contribution >= 0.6 is 0 Å². The lowest BCUT2D eigenvalue weighted by Gasteiger charge is -2.39. The Bertz CT molecular complexity index is 510. The summed E-state index contributed by atoms with van der Waals surface area (Å²) in [6.07, 6.45) is -1.60. The summed E-state index contributed by atoms with van der Waals surface area (Å²) in [6.45, 7) is 0. The van der Waals surface area contributed by atoms with Gasteiger partial charge in [0.2, 0.25) is 0 Å². The molecule has 0 aliphatic heterocycles. The number of hydrogen-bond acceptors (Lipinski definition) is 2. The largest absolute Gasteiger partial charge is 0.493 e. The van der Waals surface area contributed by atoms with Crippen LogP contribution in [0.4, 0.5) is 13.2 Å². The smallest absolute Gasteiger partial charge is 0.314 e. The highest BCUT2D eigenvalue weighted by Crippen LogP contribution is 2.48. The molecule has 1 aromatic rings. The van der Waals surface area contributed by atoms with Crippen LogP contribution in [-0.2, 0) is 10.2 Å². The van der Waals surface area contributed by atoms with E-state index in [1.165, 1.54) is 7.11 Å². The van der Waals surface area contributed by atoms with Gasteiger partial charge in [-0.05, 0) is 25.0 Å². The van der Waals surface area contributed by atoms with Gasteiger partial charge in [-0.2, -0.15) is 0 Å². The molecule has 1 aliphatic carbocycles. The number of methoxy groups -OCH3 is 1. The van der Waals surface area contributed by atoms with E-state index in [1.807, 2.05) is 0 Å². The maximum absolute atomic E-state index is 13.8. The lowest BCUT2D eigenvalue weighted by molar-refractivity contribution is -0.147. The number of carboxylic acid groups (broad SMARTS) is 1. The molecular weight excluding hydrogens is 261 g/mol. The Morgan fingerprint density at radius 1 is 1.42 bits per heavy atom. The highest BCUT2D eigenvalue weighted by Gasteiger charge is 2.48. The molecule has 1 aromatic carbocycles. The topological polar surface area (TPSA) is 46.5 Å². The average molecular weight is 274 g/mol. The van der Waals surface area contributed by atoms with Gasteiger partial charge in [0.1, 0.15) is 0 Å². The van der Waals surface area contributed by atoms with Gasteiger partial charge >= 0.3 is 5.97 Å². The Labute approximate surface area is 108 Å². The van der Waals surface area contributed by atoms with Crippen molar-refractivity contribution in [2.45, 2.75) is 31.1 Å². The molecule has 0 unspecified atom stereocenters. The molecule has 3 nitrogen and oxygen atoms in total. The second kappa shape index (κ2) is 4.75. The van der Waals surface area contributed by atoms with E-state index in [0.29, 0.717) is 25.3 Å². The Hall–Kier alpha value is -1.72. The third-order valence-electron chi connectivity index (χ3n) is 3.65. The van der Waals surface area contributed by atoms with Crippen LogP contribution in [0.1, 0.15) is 36.8 Å². The zero-order valence-corrected chi connectivity index (χ0v) is 10.3. The van der Waals surface area contributed by atoms with Crippen molar-refractivity contribution in [1.82, 2.24) is 0 Å². The molecule has 6 heteroatoms. The Balaban J connectivity index is 2.63. The summed E-state index contributed by atoms with van der Waals surface area (Å²) < 4.78 is 44.1. The van der Waals surface area contributed by atoms with Crippen molar-refractivity contribution in [2.24, 2.45) is 0 Å². The van der Waals surface area contributed by atoms with Crippen LogP contribution in [0.15, 0.2) is 12.1 Å². The minimum Gasteiger partial charge on any atom is -0.493 e. The van der Waals surface area contributed by atoms with Gasteiger partial charge in [0.25, 0.3) is 6.43 Å². The molecule has 104 valence electrons. The molecule has 1 fully saturated rings.